The Kier molecular flexibility index (Phi) is 9.25. The first-order valence-electron chi connectivity index (χ1n) is 8.49. The summed E-state index contributed by atoms with van der Waals surface area (Å²) in [6.45, 7) is 2.27. The maximum atomic E-state index is 11.2. The highest BCUT2D eigenvalue weighted by atomic mass is 35.5. The van der Waals surface area contributed by atoms with Crippen LogP contribution in [0.2, 0.25) is 5.02 Å². The Morgan fingerprint density at radius 3 is 2.86 bits per heavy atom. The van der Waals surface area contributed by atoms with Gasteiger partial charge in [-0.3, -0.25) is 23.4 Å². The number of hydrogen-bond acceptors (Lipinski definition) is 8. The van der Waals surface area contributed by atoms with Crippen molar-refractivity contribution in [2.75, 3.05) is 13.9 Å². The summed E-state index contributed by atoms with van der Waals surface area (Å²) in [5.74, 6) is 0.818. The third-order valence-electron chi connectivity index (χ3n) is 3.80. The van der Waals surface area contributed by atoms with Gasteiger partial charge in [-0.1, -0.05) is 29.8 Å². The lowest BCUT2D eigenvalue weighted by atomic mass is 10.1. The van der Waals surface area contributed by atoms with Crippen molar-refractivity contribution in [1.29, 1.82) is 0 Å². The second-order valence-corrected chi connectivity index (χ2v) is 7.37. The van der Waals surface area contributed by atoms with E-state index >= 15 is 0 Å². The minimum atomic E-state index is -1.42. The van der Waals surface area contributed by atoms with Crippen molar-refractivity contribution in [3.63, 3.8) is 0 Å². The number of aryl methyl sites for hydroxylation is 2. The predicted octanol–water partition coefficient (Wildman–Crippen LogP) is 1.64. The average molecular weight is 449 g/mol. The van der Waals surface area contributed by atoms with Crippen molar-refractivity contribution in [3.8, 4) is 5.75 Å². The van der Waals surface area contributed by atoms with Crippen LogP contribution < -0.4 is 15.8 Å². The number of aliphatic hydroxyl groups excluding tert-OH is 2. The minimum Gasteiger partial charge on any atom is -0.426 e. The van der Waals surface area contributed by atoms with Crippen molar-refractivity contribution in [2.45, 2.75) is 32.8 Å². The van der Waals surface area contributed by atoms with E-state index in [0.717, 1.165) is 16.9 Å². The predicted molar refractivity (Wildman–Crippen MR) is 106 cm³/mol. The van der Waals surface area contributed by atoms with Crippen LogP contribution in [0, 0.1) is 6.92 Å². The number of H-pyrrole nitrogens is 1. The number of halogens is 1. The molecule has 1 aromatic heterocycles. The van der Waals surface area contributed by atoms with E-state index in [1.165, 1.54) is 17.9 Å². The summed E-state index contributed by atoms with van der Waals surface area (Å²) in [5.41, 5.74) is 0.892. The van der Waals surface area contributed by atoms with Gasteiger partial charge in [-0.05, 0) is 12.5 Å². The number of para-hydroxylation sites is 1. The SMILES string of the molecule is CO[C@H](O)CCn1cc(Cl)c(=O)[nH]c1=O.Cc1cccc2c1OP(OCO)OC2. The first-order valence-corrected chi connectivity index (χ1v) is 9.96. The molecule has 2 heterocycles. The van der Waals surface area contributed by atoms with Crippen LogP contribution in [-0.4, -0.2) is 40.0 Å². The van der Waals surface area contributed by atoms with Gasteiger partial charge in [0.05, 0.1) is 6.61 Å². The molecule has 0 aliphatic carbocycles. The van der Waals surface area contributed by atoms with Gasteiger partial charge in [-0.25, -0.2) is 4.79 Å². The van der Waals surface area contributed by atoms with Crippen molar-refractivity contribution >= 4 is 20.2 Å². The first kappa shape index (κ1) is 23.5. The lowest BCUT2D eigenvalue weighted by Gasteiger charge is -2.24. The summed E-state index contributed by atoms with van der Waals surface area (Å²) in [6, 6.07) is 5.88. The fourth-order valence-electron chi connectivity index (χ4n) is 2.31. The molecule has 0 fully saturated rings. The Morgan fingerprint density at radius 1 is 1.41 bits per heavy atom. The van der Waals surface area contributed by atoms with Gasteiger partial charge in [0, 0.05) is 31.8 Å². The Hall–Kier alpha value is -1.78. The molecule has 1 aliphatic rings. The minimum absolute atomic E-state index is 0.0680. The van der Waals surface area contributed by atoms with Gasteiger partial charge in [0.25, 0.3) is 5.56 Å². The van der Waals surface area contributed by atoms with Crippen LogP contribution in [-0.2, 0) is 26.9 Å². The van der Waals surface area contributed by atoms with Crippen LogP contribution >= 0.6 is 20.2 Å². The van der Waals surface area contributed by atoms with E-state index in [2.05, 4.69) is 4.74 Å². The monoisotopic (exact) mass is 448 g/mol. The quantitative estimate of drug-likeness (QED) is 0.449. The standard InChI is InChI=1S/C9H11O4P.C8H11ClN2O4/c1-7-3-2-4-8-5-11-14(12-6-10)13-9(7)8;1-15-6(12)2-3-11-4-5(9)7(13)10-8(11)14/h2-4,10H,5-6H2,1H3;4,6,12H,2-3H2,1H3,(H,10,13,14)/t;6-/m.0/s1. The largest absolute Gasteiger partial charge is 0.426 e. The molecule has 3 rings (SSSR count). The molecule has 0 amide bonds. The normalized spacial score (nSPS) is 16.2. The van der Waals surface area contributed by atoms with Crippen molar-refractivity contribution < 1.29 is 28.5 Å². The maximum absolute atomic E-state index is 11.2. The molecule has 0 spiro atoms. The van der Waals surface area contributed by atoms with Gasteiger partial charge in [0.2, 0.25) is 0 Å². The number of benzene rings is 1. The van der Waals surface area contributed by atoms with Crippen molar-refractivity contribution in [2.24, 2.45) is 0 Å². The topological polar surface area (TPSA) is 132 Å². The van der Waals surface area contributed by atoms with E-state index in [9.17, 15) is 9.59 Å². The third-order valence-corrected chi connectivity index (χ3v) is 5.07. The Morgan fingerprint density at radius 2 is 2.17 bits per heavy atom. The fourth-order valence-corrected chi connectivity index (χ4v) is 3.40. The van der Waals surface area contributed by atoms with Crippen LogP contribution in [0.3, 0.4) is 0 Å². The molecular weight excluding hydrogens is 427 g/mol. The number of nitrogens with one attached hydrogen (secondary N) is 1. The molecule has 0 radical (unpaired) electrons. The summed E-state index contributed by atoms with van der Waals surface area (Å²) in [7, 11) is -0.0702. The molecule has 1 aromatic carbocycles. The van der Waals surface area contributed by atoms with Gasteiger partial charge in [-0.2, -0.15) is 0 Å². The summed E-state index contributed by atoms with van der Waals surface area (Å²) in [4.78, 5) is 24.2. The second-order valence-electron chi connectivity index (χ2n) is 5.82. The number of methoxy groups -OCH3 is 1. The van der Waals surface area contributed by atoms with E-state index in [1.807, 2.05) is 30.1 Å². The van der Waals surface area contributed by atoms with Gasteiger partial charge >= 0.3 is 14.3 Å². The average Bonchev–Trinajstić information content (AvgIpc) is 2.71. The molecule has 1 unspecified atom stereocenters. The molecular formula is C17H22ClN2O8P. The summed E-state index contributed by atoms with van der Waals surface area (Å²) >= 11 is 5.54. The number of fused-ring (bicyclic) bond motifs is 1. The number of aromatic nitrogens is 2. The first-order chi connectivity index (χ1) is 13.8. The molecule has 3 N–H and O–H groups in total. The number of aromatic amines is 1. The maximum Gasteiger partial charge on any atom is 0.399 e. The van der Waals surface area contributed by atoms with Crippen molar-refractivity contribution in [1.82, 2.24) is 9.55 Å². The molecule has 12 heteroatoms. The molecule has 0 bridgehead atoms. The van der Waals surface area contributed by atoms with Crippen LogP contribution in [0.5, 0.6) is 5.75 Å². The zero-order valence-corrected chi connectivity index (χ0v) is 17.5. The van der Waals surface area contributed by atoms with E-state index in [-0.39, 0.29) is 24.8 Å². The molecule has 0 saturated heterocycles. The number of aliphatic hydroxyl groups is 2. The van der Waals surface area contributed by atoms with E-state index in [1.54, 1.807) is 0 Å². The molecule has 0 saturated carbocycles. The smallest absolute Gasteiger partial charge is 0.399 e. The molecule has 29 heavy (non-hydrogen) atoms. The molecule has 2 aromatic rings. The van der Waals surface area contributed by atoms with Crippen LogP contribution in [0.25, 0.3) is 0 Å². The zero-order chi connectivity index (χ0) is 21.4. The van der Waals surface area contributed by atoms with Crippen LogP contribution in [0.1, 0.15) is 17.5 Å². The van der Waals surface area contributed by atoms with E-state index < -0.39 is 26.1 Å². The Labute approximate surface area is 172 Å². The van der Waals surface area contributed by atoms with E-state index in [4.69, 9.17) is 35.4 Å². The summed E-state index contributed by atoms with van der Waals surface area (Å²) < 4.78 is 21.4. The number of ether oxygens (including phenoxy) is 1. The second kappa shape index (κ2) is 11.4. The fraction of sp³-hybridized carbons (Fsp3) is 0.412. The van der Waals surface area contributed by atoms with E-state index in [0.29, 0.717) is 6.61 Å². The van der Waals surface area contributed by atoms with Gasteiger partial charge in [0.15, 0.2) is 13.1 Å². The Balaban J connectivity index is 0.000000207. The van der Waals surface area contributed by atoms with Gasteiger partial charge in [0.1, 0.15) is 10.8 Å². The zero-order valence-electron chi connectivity index (χ0n) is 15.8. The van der Waals surface area contributed by atoms with Gasteiger partial charge < -0.3 is 19.5 Å². The van der Waals surface area contributed by atoms with Crippen LogP contribution in [0.15, 0.2) is 34.0 Å². The summed E-state index contributed by atoms with van der Waals surface area (Å²) in [5, 5.41) is 17.6. The number of rotatable bonds is 6. The highest BCUT2D eigenvalue weighted by Crippen LogP contribution is 2.47. The molecule has 2 atom stereocenters. The molecule has 10 nitrogen and oxygen atoms in total. The lowest BCUT2D eigenvalue weighted by molar-refractivity contribution is -0.0804. The third kappa shape index (κ3) is 6.90. The Bertz CT molecular complexity index is 919. The molecule has 1 aliphatic heterocycles. The van der Waals surface area contributed by atoms with Crippen molar-refractivity contribution in [3.05, 3.63) is 61.4 Å². The highest BCUT2D eigenvalue weighted by Gasteiger charge is 2.23. The molecule has 160 valence electrons. The lowest BCUT2D eigenvalue weighted by Crippen LogP contribution is -2.30. The number of nitrogens with zero attached hydrogens (tertiary/aromatic N) is 1. The summed E-state index contributed by atoms with van der Waals surface area (Å²) in [6.07, 6.45) is 0.520. The highest BCUT2D eigenvalue weighted by molar-refractivity contribution is 7.42. The number of hydrogen-bond donors (Lipinski definition) is 3. The van der Waals surface area contributed by atoms with Gasteiger partial charge in [-0.15, -0.1) is 0 Å². The van der Waals surface area contributed by atoms with Crippen LogP contribution in [0.4, 0.5) is 0 Å².